The highest BCUT2D eigenvalue weighted by molar-refractivity contribution is 7.78. The summed E-state index contributed by atoms with van der Waals surface area (Å²) in [5, 5.41) is 2.78. The number of carbonyl (C=O) groups excluding carboxylic acids is 1. The molecule has 27 heavy (non-hydrogen) atoms. The van der Waals surface area contributed by atoms with Crippen LogP contribution in [-0.4, -0.2) is 50.6 Å². The van der Waals surface area contributed by atoms with E-state index in [0.29, 0.717) is 49.5 Å². The molecule has 1 aliphatic heterocycles. The number of ketones is 1. The summed E-state index contributed by atoms with van der Waals surface area (Å²) in [5.74, 6) is -0.500. The number of carbonyl (C=O) groups is 1. The number of nitrogens with one attached hydrogen (secondary N) is 1. The van der Waals surface area contributed by atoms with Gasteiger partial charge in [-0.25, -0.2) is 0 Å². The van der Waals surface area contributed by atoms with Crippen molar-refractivity contribution >= 4 is 22.6 Å². The Kier molecular flexibility index (Phi) is 5.93. The number of aromatic nitrogens is 2. The normalized spacial score (nSPS) is 15.7. The highest BCUT2D eigenvalue weighted by Gasteiger charge is 2.24. The van der Waals surface area contributed by atoms with E-state index in [1.54, 1.807) is 19.1 Å². The van der Waals surface area contributed by atoms with Crippen LogP contribution in [0, 0.1) is 6.92 Å². The molecule has 1 fully saturated rings. The Morgan fingerprint density at radius 1 is 1.30 bits per heavy atom. The Balaban J connectivity index is 2.08. The fourth-order valence-electron chi connectivity index (χ4n) is 3.42. The molecule has 0 radical (unpaired) electrons. The number of aryl methyl sites for hydroxylation is 1. The Hall–Kier alpha value is -2.23. The number of aromatic amines is 1. The third kappa shape index (κ3) is 3.90. The summed E-state index contributed by atoms with van der Waals surface area (Å²) in [5.41, 5.74) is 2.16. The number of morpholine rings is 1. The average Bonchev–Trinajstić information content (AvgIpc) is 3.02. The maximum absolute atomic E-state index is 13.0. The van der Waals surface area contributed by atoms with Crippen molar-refractivity contribution in [2.75, 3.05) is 31.2 Å². The highest BCUT2D eigenvalue weighted by Crippen LogP contribution is 2.30. The molecule has 1 aromatic heterocycles. The Morgan fingerprint density at radius 3 is 2.59 bits per heavy atom. The minimum atomic E-state index is -2.25. The van der Waals surface area contributed by atoms with Crippen molar-refractivity contribution in [1.29, 1.82) is 0 Å². The molecule has 0 aliphatic carbocycles. The van der Waals surface area contributed by atoms with Gasteiger partial charge in [0.25, 0.3) is 5.56 Å². The molecule has 1 atom stereocenters. The van der Waals surface area contributed by atoms with Crippen LogP contribution in [0.1, 0.15) is 34.0 Å². The molecule has 8 nitrogen and oxygen atoms in total. The summed E-state index contributed by atoms with van der Waals surface area (Å²) in [6, 6.07) is 3.26. The van der Waals surface area contributed by atoms with Crippen molar-refractivity contribution in [3.63, 3.8) is 0 Å². The summed E-state index contributed by atoms with van der Waals surface area (Å²) >= 11 is -2.25. The molecular formula is C18H22N3O5S-. The van der Waals surface area contributed by atoms with Crippen LogP contribution in [0.4, 0.5) is 5.69 Å². The van der Waals surface area contributed by atoms with Gasteiger partial charge >= 0.3 is 0 Å². The van der Waals surface area contributed by atoms with Gasteiger partial charge in [-0.2, -0.15) is 0 Å². The summed E-state index contributed by atoms with van der Waals surface area (Å²) in [7, 11) is 0. The zero-order valence-electron chi connectivity index (χ0n) is 15.3. The lowest BCUT2D eigenvalue weighted by Crippen LogP contribution is -2.37. The molecule has 2 heterocycles. The first-order valence-corrected chi connectivity index (χ1v) is 10.0. The smallest absolute Gasteiger partial charge is 0.277 e. The first-order chi connectivity index (χ1) is 12.9. The monoisotopic (exact) mass is 392 g/mol. The van der Waals surface area contributed by atoms with E-state index in [2.05, 4.69) is 5.10 Å². The van der Waals surface area contributed by atoms with Gasteiger partial charge in [0.05, 0.1) is 13.2 Å². The van der Waals surface area contributed by atoms with Crippen LogP contribution >= 0.6 is 0 Å². The maximum Gasteiger partial charge on any atom is 0.277 e. The molecule has 146 valence electrons. The topological polar surface area (TPSA) is 107 Å². The molecule has 9 heteroatoms. The van der Waals surface area contributed by atoms with Crippen molar-refractivity contribution in [2.45, 2.75) is 26.1 Å². The van der Waals surface area contributed by atoms with Crippen LogP contribution in [0.15, 0.2) is 23.1 Å². The number of ether oxygens (including phenoxy) is 1. The second kappa shape index (κ2) is 8.20. The van der Waals surface area contributed by atoms with E-state index in [4.69, 9.17) is 4.74 Å². The van der Waals surface area contributed by atoms with Gasteiger partial charge in [0.1, 0.15) is 5.56 Å². The van der Waals surface area contributed by atoms with Crippen molar-refractivity contribution in [2.24, 2.45) is 0 Å². The van der Waals surface area contributed by atoms with E-state index in [1.807, 2.05) is 11.8 Å². The van der Waals surface area contributed by atoms with Gasteiger partial charge in [-0.1, -0.05) is 23.2 Å². The van der Waals surface area contributed by atoms with Crippen LogP contribution in [0.3, 0.4) is 0 Å². The van der Waals surface area contributed by atoms with E-state index in [1.165, 1.54) is 10.9 Å². The van der Waals surface area contributed by atoms with Crippen LogP contribution < -0.4 is 10.5 Å². The molecule has 1 saturated heterocycles. The third-order valence-corrected chi connectivity index (χ3v) is 5.31. The van der Waals surface area contributed by atoms with E-state index in [9.17, 15) is 18.4 Å². The SMILES string of the molecule is CCn1[nH]cc(C(=O)c2ccc(CS(=O)[O-])c(N3CCOCC3)c2C)c1=O. The van der Waals surface area contributed by atoms with Gasteiger partial charge < -0.3 is 19.3 Å². The van der Waals surface area contributed by atoms with E-state index in [0.717, 1.165) is 5.69 Å². The van der Waals surface area contributed by atoms with Crippen LogP contribution in [-0.2, 0) is 28.1 Å². The standard InChI is InChI=1S/C18H23N3O5S/c1-3-21-18(23)15(10-19-21)17(22)14-5-4-13(11-27(24)25)16(12(14)2)20-6-8-26-9-7-20/h4-5,10,19H,3,6-9,11H2,1-2H3,(H,24,25)/p-1. The van der Waals surface area contributed by atoms with Crippen molar-refractivity contribution < 1.29 is 18.3 Å². The molecule has 1 aromatic carbocycles. The first kappa shape index (κ1) is 19.5. The van der Waals surface area contributed by atoms with Crippen LogP contribution in [0.5, 0.6) is 0 Å². The second-order valence-electron chi connectivity index (χ2n) is 6.36. The predicted octanol–water partition coefficient (Wildman–Crippen LogP) is 0.951. The number of H-pyrrole nitrogens is 1. The van der Waals surface area contributed by atoms with Crippen molar-refractivity contribution in [3.8, 4) is 0 Å². The number of hydrogen-bond donors (Lipinski definition) is 1. The molecular weight excluding hydrogens is 370 g/mol. The number of benzene rings is 1. The third-order valence-electron chi connectivity index (χ3n) is 4.76. The molecule has 2 aromatic rings. The summed E-state index contributed by atoms with van der Waals surface area (Å²) < 4.78 is 29.3. The fourth-order valence-corrected chi connectivity index (χ4v) is 3.91. The maximum atomic E-state index is 13.0. The summed E-state index contributed by atoms with van der Waals surface area (Å²) in [6.07, 6.45) is 1.42. The van der Waals surface area contributed by atoms with Gasteiger partial charge in [-0.15, -0.1) is 0 Å². The minimum Gasteiger partial charge on any atom is -0.772 e. The van der Waals surface area contributed by atoms with Gasteiger partial charge in [-0.3, -0.25) is 18.5 Å². The van der Waals surface area contributed by atoms with Gasteiger partial charge in [0.15, 0.2) is 0 Å². The molecule has 3 rings (SSSR count). The zero-order valence-corrected chi connectivity index (χ0v) is 16.1. The second-order valence-corrected chi connectivity index (χ2v) is 7.26. The van der Waals surface area contributed by atoms with Crippen molar-refractivity contribution in [1.82, 2.24) is 9.78 Å². The fraction of sp³-hybridized carbons (Fsp3) is 0.444. The number of rotatable bonds is 6. The molecule has 0 bridgehead atoms. The Bertz CT molecular complexity index is 928. The summed E-state index contributed by atoms with van der Waals surface area (Å²) in [4.78, 5) is 27.4. The van der Waals surface area contributed by atoms with Crippen LogP contribution in [0.25, 0.3) is 0 Å². The predicted molar refractivity (Wildman–Crippen MR) is 101 cm³/mol. The highest BCUT2D eigenvalue weighted by atomic mass is 32.2. The Labute approximate surface area is 159 Å². The lowest BCUT2D eigenvalue weighted by atomic mass is 9.96. The van der Waals surface area contributed by atoms with E-state index < -0.39 is 11.1 Å². The molecule has 1 N–H and O–H groups in total. The number of hydrogen-bond acceptors (Lipinski definition) is 6. The van der Waals surface area contributed by atoms with Crippen molar-refractivity contribution in [3.05, 3.63) is 50.9 Å². The van der Waals surface area contributed by atoms with Crippen LogP contribution in [0.2, 0.25) is 0 Å². The Morgan fingerprint density at radius 2 is 2.00 bits per heavy atom. The molecule has 1 aliphatic rings. The number of nitrogens with zero attached hydrogens (tertiary/aromatic N) is 2. The van der Waals surface area contributed by atoms with Gasteiger partial charge in [-0.05, 0) is 25.0 Å². The number of anilines is 1. The molecule has 1 unspecified atom stereocenters. The molecule has 0 amide bonds. The molecule has 0 spiro atoms. The lowest BCUT2D eigenvalue weighted by molar-refractivity contribution is 0.103. The summed E-state index contributed by atoms with van der Waals surface area (Å²) in [6.45, 7) is 6.35. The average molecular weight is 392 g/mol. The van der Waals surface area contributed by atoms with Gasteiger partial charge in [0, 0.05) is 42.8 Å². The lowest BCUT2D eigenvalue weighted by Gasteiger charge is -2.33. The van der Waals surface area contributed by atoms with Gasteiger partial charge in [0.2, 0.25) is 5.78 Å². The van der Waals surface area contributed by atoms with E-state index in [-0.39, 0.29) is 22.7 Å². The first-order valence-electron chi connectivity index (χ1n) is 8.78. The quantitative estimate of drug-likeness (QED) is 0.579. The largest absolute Gasteiger partial charge is 0.772 e. The zero-order chi connectivity index (χ0) is 19.6. The minimum absolute atomic E-state index is 0.0769. The van der Waals surface area contributed by atoms with E-state index >= 15 is 0 Å². The molecule has 0 saturated carbocycles.